The van der Waals surface area contributed by atoms with Crippen molar-refractivity contribution in [3.63, 3.8) is 0 Å². The highest BCUT2D eigenvalue weighted by molar-refractivity contribution is 8.13. The van der Waals surface area contributed by atoms with Crippen molar-refractivity contribution >= 4 is 19.7 Å². The maximum absolute atomic E-state index is 11.1. The number of nitrogens with zero attached hydrogens (tertiary/aromatic N) is 2. The van der Waals surface area contributed by atoms with Gasteiger partial charge in [0.25, 0.3) is 9.05 Å². The Bertz CT molecular complexity index is 448. The summed E-state index contributed by atoms with van der Waals surface area (Å²) in [7, 11) is 3.29. The summed E-state index contributed by atoms with van der Waals surface area (Å²) in [5.74, 6) is 1.24. The van der Waals surface area contributed by atoms with Crippen LogP contribution in [-0.4, -0.2) is 18.0 Å². The molecule has 2 rings (SSSR count). The van der Waals surface area contributed by atoms with Crippen LogP contribution in [0, 0.1) is 0 Å². The van der Waals surface area contributed by atoms with Gasteiger partial charge in [-0.15, -0.1) is 0 Å². The Kier molecular flexibility index (Phi) is 2.31. The van der Waals surface area contributed by atoms with E-state index in [0.29, 0.717) is 5.92 Å². The molecule has 14 heavy (non-hydrogen) atoms. The Morgan fingerprint density at radius 3 is 2.57 bits per heavy atom. The second-order valence-electron chi connectivity index (χ2n) is 3.58. The first-order valence-corrected chi connectivity index (χ1v) is 6.77. The van der Waals surface area contributed by atoms with Gasteiger partial charge >= 0.3 is 0 Å². The molecule has 0 aromatic carbocycles. The quantitative estimate of drug-likeness (QED) is 0.731. The molecule has 1 heterocycles. The molecular formula is C8H11ClN2O2S. The molecule has 1 aliphatic rings. The summed E-state index contributed by atoms with van der Waals surface area (Å²) < 4.78 is 23.8. The Labute approximate surface area is 87.3 Å². The fourth-order valence-electron chi connectivity index (χ4n) is 1.68. The normalized spacial score (nSPS) is 18.1. The summed E-state index contributed by atoms with van der Waals surface area (Å²) in [4.78, 5) is 4.10. The molecule has 1 aliphatic carbocycles. The highest BCUT2D eigenvalue weighted by Crippen LogP contribution is 2.36. The molecular weight excluding hydrogens is 224 g/mol. The molecule has 0 unspecified atom stereocenters. The minimum absolute atomic E-state index is 0.0843. The summed E-state index contributed by atoms with van der Waals surface area (Å²) >= 11 is 0. The van der Waals surface area contributed by atoms with Gasteiger partial charge in [-0.2, -0.15) is 0 Å². The van der Waals surface area contributed by atoms with E-state index in [1.807, 2.05) is 0 Å². The van der Waals surface area contributed by atoms with Gasteiger partial charge in [-0.3, -0.25) is 0 Å². The van der Waals surface area contributed by atoms with Crippen LogP contribution in [0.1, 0.15) is 31.0 Å². The molecule has 1 aromatic rings. The van der Waals surface area contributed by atoms with Gasteiger partial charge in [0.2, 0.25) is 0 Å². The molecule has 0 aliphatic heterocycles. The monoisotopic (exact) mass is 234 g/mol. The van der Waals surface area contributed by atoms with Crippen molar-refractivity contribution in [3.8, 4) is 0 Å². The van der Waals surface area contributed by atoms with Crippen LogP contribution in [0.15, 0.2) is 11.2 Å². The summed E-state index contributed by atoms with van der Waals surface area (Å²) in [6.07, 6.45) is 4.70. The molecule has 78 valence electrons. The lowest BCUT2D eigenvalue weighted by molar-refractivity contribution is 0.390. The Balaban J connectivity index is 2.42. The van der Waals surface area contributed by atoms with Gasteiger partial charge in [0, 0.05) is 23.6 Å². The van der Waals surface area contributed by atoms with E-state index in [-0.39, 0.29) is 5.03 Å². The maximum Gasteiger partial charge on any atom is 0.278 e. The molecule has 6 heteroatoms. The average Bonchev–Trinajstić information content (AvgIpc) is 2.28. The number of halogens is 1. The van der Waals surface area contributed by atoms with E-state index in [1.54, 1.807) is 11.6 Å². The van der Waals surface area contributed by atoms with Gasteiger partial charge in [-0.1, -0.05) is 6.42 Å². The van der Waals surface area contributed by atoms with Crippen molar-refractivity contribution in [1.29, 1.82) is 0 Å². The van der Waals surface area contributed by atoms with Crippen molar-refractivity contribution in [2.75, 3.05) is 0 Å². The van der Waals surface area contributed by atoms with Crippen LogP contribution in [-0.2, 0) is 16.1 Å². The third-order valence-electron chi connectivity index (χ3n) is 2.70. The molecule has 0 N–H and O–H groups in total. The number of aromatic nitrogens is 2. The molecule has 0 saturated heterocycles. The molecule has 1 aromatic heterocycles. The third-order valence-corrected chi connectivity index (χ3v) is 4.05. The van der Waals surface area contributed by atoms with Crippen LogP contribution < -0.4 is 0 Å². The number of rotatable bonds is 2. The van der Waals surface area contributed by atoms with E-state index in [4.69, 9.17) is 10.7 Å². The Morgan fingerprint density at radius 2 is 2.21 bits per heavy atom. The van der Waals surface area contributed by atoms with Crippen LogP contribution in [0.4, 0.5) is 0 Å². The first kappa shape index (κ1) is 9.98. The third kappa shape index (κ3) is 1.54. The topological polar surface area (TPSA) is 52.0 Å². The summed E-state index contributed by atoms with van der Waals surface area (Å²) in [5, 5.41) is 0.0843. The van der Waals surface area contributed by atoms with Crippen molar-refractivity contribution < 1.29 is 8.42 Å². The van der Waals surface area contributed by atoms with Gasteiger partial charge in [0.05, 0.1) is 6.20 Å². The minimum atomic E-state index is -3.66. The molecule has 1 fully saturated rings. The molecule has 0 radical (unpaired) electrons. The number of imidazole rings is 1. The average molecular weight is 235 g/mol. The second-order valence-corrected chi connectivity index (χ2v) is 6.09. The summed E-state index contributed by atoms with van der Waals surface area (Å²) in [6, 6.07) is 0. The van der Waals surface area contributed by atoms with Gasteiger partial charge in [0.1, 0.15) is 5.82 Å². The highest BCUT2D eigenvalue weighted by atomic mass is 35.7. The van der Waals surface area contributed by atoms with E-state index in [2.05, 4.69) is 4.98 Å². The fraction of sp³-hybridized carbons (Fsp3) is 0.625. The second kappa shape index (κ2) is 3.24. The van der Waals surface area contributed by atoms with Gasteiger partial charge in [-0.05, 0) is 12.8 Å². The minimum Gasteiger partial charge on any atom is -0.321 e. The number of hydrogen-bond acceptors (Lipinski definition) is 3. The smallest absolute Gasteiger partial charge is 0.278 e. The highest BCUT2D eigenvalue weighted by Gasteiger charge is 2.26. The van der Waals surface area contributed by atoms with E-state index >= 15 is 0 Å². The van der Waals surface area contributed by atoms with Crippen LogP contribution in [0.2, 0.25) is 0 Å². The predicted octanol–water partition coefficient (Wildman–Crippen LogP) is 1.62. The summed E-state index contributed by atoms with van der Waals surface area (Å²) in [5.41, 5.74) is 0. The summed E-state index contributed by atoms with van der Waals surface area (Å²) in [6.45, 7) is 0. The van der Waals surface area contributed by atoms with E-state index < -0.39 is 9.05 Å². The van der Waals surface area contributed by atoms with Gasteiger partial charge in [0.15, 0.2) is 5.03 Å². The van der Waals surface area contributed by atoms with Crippen LogP contribution in [0.25, 0.3) is 0 Å². The molecule has 0 amide bonds. The SMILES string of the molecule is Cn1c(S(=O)(=O)Cl)cnc1C1CCC1. The molecule has 0 atom stereocenters. The lowest BCUT2D eigenvalue weighted by atomic mass is 9.85. The van der Waals surface area contributed by atoms with Crippen molar-refractivity contribution in [2.24, 2.45) is 7.05 Å². The zero-order chi connectivity index (χ0) is 10.3. The van der Waals surface area contributed by atoms with Crippen LogP contribution in [0.3, 0.4) is 0 Å². The first-order valence-electron chi connectivity index (χ1n) is 4.46. The van der Waals surface area contributed by atoms with E-state index in [9.17, 15) is 8.42 Å². The number of hydrogen-bond donors (Lipinski definition) is 0. The van der Waals surface area contributed by atoms with E-state index in [0.717, 1.165) is 18.7 Å². The Hall–Kier alpha value is -0.550. The zero-order valence-corrected chi connectivity index (χ0v) is 9.35. The van der Waals surface area contributed by atoms with Crippen molar-refractivity contribution in [2.45, 2.75) is 30.2 Å². The standard InChI is InChI=1S/C8H11ClN2O2S/c1-11-7(14(9,12)13)5-10-8(11)6-3-2-4-6/h5-6H,2-4H2,1H3. The van der Waals surface area contributed by atoms with Crippen molar-refractivity contribution in [3.05, 3.63) is 12.0 Å². The first-order chi connectivity index (χ1) is 6.50. The fourth-order valence-corrected chi connectivity index (χ4v) is 2.71. The predicted molar refractivity (Wildman–Crippen MR) is 52.8 cm³/mol. The van der Waals surface area contributed by atoms with Gasteiger partial charge < -0.3 is 4.57 Å². The van der Waals surface area contributed by atoms with Crippen LogP contribution >= 0.6 is 10.7 Å². The lowest BCUT2D eigenvalue weighted by Crippen LogP contribution is -2.15. The molecule has 1 saturated carbocycles. The van der Waals surface area contributed by atoms with Crippen molar-refractivity contribution in [1.82, 2.24) is 9.55 Å². The van der Waals surface area contributed by atoms with Crippen LogP contribution in [0.5, 0.6) is 0 Å². The Morgan fingerprint density at radius 1 is 1.57 bits per heavy atom. The largest absolute Gasteiger partial charge is 0.321 e. The molecule has 4 nitrogen and oxygen atoms in total. The van der Waals surface area contributed by atoms with E-state index in [1.165, 1.54) is 12.6 Å². The van der Waals surface area contributed by atoms with Gasteiger partial charge in [-0.25, -0.2) is 13.4 Å². The molecule has 0 bridgehead atoms. The lowest BCUT2D eigenvalue weighted by Gasteiger charge is -2.24. The zero-order valence-electron chi connectivity index (χ0n) is 7.77. The molecule has 0 spiro atoms. The maximum atomic E-state index is 11.1.